The fourth-order valence-corrected chi connectivity index (χ4v) is 6.99. The van der Waals surface area contributed by atoms with E-state index in [-0.39, 0.29) is 23.4 Å². The number of carbonyl (C=O) groups is 2. The molecule has 0 spiro atoms. The highest BCUT2D eigenvalue weighted by atomic mass is 35.5. The van der Waals surface area contributed by atoms with Crippen LogP contribution in [0.3, 0.4) is 0 Å². The average Bonchev–Trinajstić information content (AvgIpc) is 2.97. The van der Waals surface area contributed by atoms with Crippen LogP contribution in [0.25, 0.3) is 0 Å². The minimum Gasteiger partial charge on any atom is -0.352 e. The topological polar surface area (TPSA) is 86.8 Å². The average molecular weight is 610 g/mol. The van der Waals surface area contributed by atoms with Crippen molar-refractivity contribution in [3.63, 3.8) is 0 Å². The highest BCUT2D eigenvalue weighted by Gasteiger charge is 2.34. The van der Waals surface area contributed by atoms with Crippen LogP contribution in [0.2, 0.25) is 5.02 Å². The predicted octanol–water partition coefficient (Wildman–Crippen LogP) is 6.33. The Morgan fingerprint density at radius 1 is 0.929 bits per heavy atom. The molecule has 1 fully saturated rings. The highest BCUT2D eigenvalue weighted by Crippen LogP contribution is 2.30. The molecule has 0 saturated heterocycles. The van der Waals surface area contributed by atoms with Crippen molar-refractivity contribution in [3.8, 4) is 0 Å². The summed E-state index contributed by atoms with van der Waals surface area (Å²) in [6.45, 7) is 6.89. The molecule has 4 rings (SSSR count). The van der Waals surface area contributed by atoms with Gasteiger partial charge in [-0.05, 0) is 81.5 Å². The number of nitrogens with one attached hydrogen (secondary N) is 1. The van der Waals surface area contributed by atoms with Crippen molar-refractivity contribution < 1.29 is 18.0 Å². The summed E-state index contributed by atoms with van der Waals surface area (Å²) in [4.78, 5) is 29.2. The van der Waals surface area contributed by atoms with E-state index in [0.717, 1.165) is 53.1 Å². The van der Waals surface area contributed by atoms with Gasteiger partial charge in [0.05, 0.1) is 10.6 Å². The largest absolute Gasteiger partial charge is 0.352 e. The Hall–Kier alpha value is -3.36. The molecule has 1 atom stereocenters. The van der Waals surface area contributed by atoms with Crippen molar-refractivity contribution in [2.45, 2.75) is 83.3 Å². The maximum Gasteiger partial charge on any atom is 0.264 e. The summed E-state index contributed by atoms with van der Waals surface area (Å²) in [5.41, 5.74) is 3.66. The summed E-state index contributed by atoms with van der Waals surface area (Å²) >= 11 is 6.47. The molecule has 0 heterocycles. The first-order chi connectivity index (χ1) is 20.0. The molecule has 3 aromatic rings. The van der Waals surface area contributed by atoms with Crippen LogP contribution in [-0.2, 0) is 26.2 Å². The van der Waals surface area contributed by atoms with Crippen molar-refractivity contribution in [2.75, 3.05) is 10.8 Å². The Morgan fingerprint density at radius 2 is 1.60 bits per heavy atom. The van der Waals surface area contributed by atoms with Crippen LogP contribution in [-0.4, -0.2) is 43.8 Å². The van der Waals surface area contributed by atoms with E-state index in [1.54, 1.807) is 61.5 Å². The number of amides is 2. The maximum atomic E-state index is 14.2. The lowest BCUT2D eigenvalue weighted by Gasteiger charge is -2.34. The van der Waals surface area contributed by atoms with E-state index in [4.69, 9.17) is 11.6 Å². The zero-order valence-electron chi connectivity index (χ0n) is 24.8. The van der Waals surface area contributed by atoms with Crippen LogP contribution in [0.1, 0.15) is 61.3 Å². The molecule has 224 valence electrons. The summed E-state index contributed by atoms with van der Waals surface area (Å²) in [5, 5.41) is 3.59. The van der Waals surface area contributed by atoms with E-state index in [1.165, 1.54) is 4.90 Å². The molecule has 0 radical (unpaired) electrons. The summed E-state index contributed by atoms with van der Waals surface area (Å²) in [5.74, 6) is -0.764. The molecule has 2 amide bonds. The standard InChI is InChI=1S/C33H40ClN3O4S/c1-23-17-19-29(20-18-23)42(40,41)37(31-16-10-11-24(2)25(31)3)22-32(38)36(21-27-12-8-9-15-30(27)34)26(4)33(39)35-28-13-6-5-7-14-28/h8-12,15-20,26,28H,5-7,13-14,21-22H2,1-4H3,(H,35,39)/t26-/m1/s1. The Kier molecular flexibility index (Phi) is 10.3. The van der Waals surface area contributed by atoms with E-state index in [0.29, 0.717) is 16.3 Å². The molecule has 7 nitrogen and oxygen atoms in total. The summed E-state index contributed by atoms with van der Waals surface area (Å²) < 4.78 is 29.4. The van der Waals surface area contributed by atoms with Gasteiger partial charge in [0.25, 0.3) is 10.0 Å². The lowest BCUT2D eigenvalue weighted by molar-refractivity contribution is -0.139. The highest BCUT2D eigenvalue weighted by molar-refractivity contribution is 7.92. The molecule has 3 aromatic carbocycles. The second-order valence-electron chi connectivity index (χ2n) is 11.2. The van der Waals surface area contributed by atoms with E-state index in [9.17, 15) is 18.0 Å². The summed E-state index contributed by atoms with van der Waals surface area (Å²) in [6, 6.07) is 18.3. The summed E-state index contributed by atoms with van der Waals surface area (Å²) in [6.07, 6.45) is 5.09. The van der Waals surface area contributed by atoms with E-state index in [2.05, 4.69) is 5.32 Å². The number of aryl methyl sites for hydroxylation is 2. The Labute approximate surface area is 254 Å². The van der Waals surface area contributed by atoms with Gasteiger partial charge in [-0.15, -0.1) is 0 Å². The van der Waals surface area contributed by atoms with Crippen LogP contribution < -0.4 is 9.62 Å². The number of sulfonamides is 1. The fraction of sp³-hybridized carbons (Fsp3) is 0.394. The van der Waals surface area contributed by atoms with Crippen molar-refractivity contribution in [2.24, 2.45) is 0 Å². The van der Waals surface area contributed by atoms with E-state index in [1.807, 2.05) is 32.9 Å². The smallest absolute Gasteiger partial charge is 0.264 e. The molecule has 42 heavy (non-hydrogen) atoms. The third kappa shape index (κ3) is 7.34. The minimum atomic E-state index is -4.13. The van der Waals surface area contributed by atoms with Gasteiger partial charge in [-0.3, -0.25) is 13.9 Å². The maximum absolute atomic E-state index is 14.2. The van der Waals surface area contributed by atoms with Gasteiger partial charge in [-0.1, -0.05) is 78.9 Å². The molecule has 1 N–H and O–H groups in total. The number of anilines is 1. The number of carbonyl (C=O) groups excluding carboxylic acids is 2. The quantitative estimate of drug-likeness (QED) is 0.291. The van der Waals surface area contributed by atoms with E-state index >= 15 is 0 Å². The first-order valence-electron chi connectivity index (χ1n) is 14.5. The van der Waals surface area contributed by atoms with Crippen LogP contribution >= 0.6 is 11.6 Å². The molecule has 1 aliphatic carbocycles. The second-order valence-corrected chi connectivity index (χ2v) is 13.4. The first kappa shape index (κ1) is 31.6. The molecule has 0 unspecified atom stereocenters. The van der Waals surface area contributed by atoms with Gasteiger partial charge >= 0.3 is 0 Å². The monoisotopic (exact) mass is 609 g/mol. The number of hydrogen-bond acceptors (Lipinski definition) is 4. The molecule has 1 saturated carbocycles. The normalized spacial score (nSPS) is 14.7. The summed E-state index contributed by atoms with van der Waals surface area (Å²) in [7, 11) is -4.13. The predicted molar refractivity (Wildman–Crippen MR) is 168 cm³/mol. The Balaban J connectivity index is 1.72. The SMILES string of the molecule is Cc1ccc(S(=O)(=O)N(CC(=O)N(Cc2ccccc2Cl)[C@H](C)C(=O)NC2CCCCC2)c2cccc(C)c2C)cc1. The van der Waals surface area contributed by atoms with Crippen LogP contribution in [0, 0.1) is 20.8 Å². The lowest BCUT2D eigenvalue weighted by Crippen LogP contribution is -2.53. The molecule has 0 aliphatic heterocycles. The number of rotatable bonds is 10. The van der Waals surface area contributed by atoms with Gasteiger partial charge in [0.15, 0.2) is 0 Å². The molecule has 1 aliphatic rings. The second kappa shape index (κ2) is 13.7. The van der Waals surface area contributed by atoms with Gasteiger partial charge in [-0.25, -0.2) is 8.42 Å². The number of nitrogens with zero attached hydrogens (tertiary/aromatic N) is 2. The minimum absolute atomic E-state index is 0.0585. The molecular weight excluding hydrogens is 570 g/mol. The first-order valence-corrected chi connectivity index (χ1v) is 16.3. The van der Waals surface area contributed by atoms with Gasteiger partial charge < -0.3 is 10.2 Å². The van der Waals surface area contributed by atoms with Crippen molar-refractivity contribution in [3.05, 3.63) is 94.0 Å². The zero-order chi connectivity index (χ0) is 30.4. The molecule has 9 heteroatoms. The fourth-order valence-electron chi connectivity index (χ4n) is 5.32. The Morgan fingerprint density at radius 3 is 2.26 bits per heavy atom. The van der Waals surface area contributed by atoms with Crippen LogP contribution in [0.4, 0.5) is 5.69 Å². The third-order valence-electron chi connectivity index (χ3n) is 8.15. The molecule has 0 bridgehead atoms. The zero-order valence-corrected chi connectivity index (χ0v) is 26.3. The van der Waals surface area contributed by atoms with Gasteiger partial charge in [-0.2, -0.15) is 0 Å². The number of benzene rings is 3. The molecule has 0 aromatic heterocycles. The lowest BCUT2D eigenvalue weighted by atomic mass is 9.95. The van der Waals surface area contributed by atoms with Crippen LogP contribution in [0.15, 0.2) is 71.6 Å². The van der Waals surface area contributed by atoms with Crippen LogP contribution in [0.5, 0.6) is 0 Å². The van der Waals surface area contributed by atoms with E-state index < -0.39 is 28.5 Å². The number of halogens is 1. The van der Waals surface area contributed by atoms with Gasteiger partial charge in [0.2, 0.25) is 11.8 Å². The van der Waals surface area contributed by atoms with Crippen molar-refractivity contribution in [1.29, 1.82) is 0 Å². The number of hydrogen-bond donors (Lipinski definition) is 1. The van der Waals surface area contributed by atoms with Crippen molar-refractivity contribution >= 4 is 39.1 Å². The Bertz CT molecular complexity index is 1520. The third-order valence-corrected chi connectivity index (χ3v) is 10.3. The van der Waals surface area contributed by atoms with Gasteiger partial charge in [0.1, 0.15) is 12.6 Å². The van der Waals surface area contributed by atoms with Crippen molar-refractivity contribution in [1.82, 2.24) is 10.2 Å². The van der Waals surface area contributed by atoms with Gasteiger partial charge in [0, 0.05) is 17.6 Å². The molecular formula is C33H40ClN3O4S.